The third kappa shape index (κ3) is 4.97. The summed E-state index contributed by atoms with van der Waals surface area (Å²) in [4.78, 5) is 2.14. The molecular weight excluding hydrogens is 334 g/mol. The Morgan fingerprint density at radius 1 is 0.963 bits per heavy atom. The van der Waals surface area contributed by atoms with Crippen LogP contribution in [0.5, 0.6) is 5.75 Å². The summed E-state index contributed by atoms with van der Waals surface area (Å²) in [6.07, 6.45) is -0.480. The lowest BCUT2D eigenvalue weighted by molar-refractivity contribution is 0.124. The topological polar surface area (TPSA) is 32.7 Å². The fourth-order valence-electron chi connectivity index (χ4n) is 3.29. The molecule has 1 unspecified atom stereocenters. The fraction of sp³-hybridized carbons (Fsp3) is 0.250. The number of aliphatic hydroxyl groups is 1. The Labute approximate surface area is 161 Å². The van der Waals surface area contributed by atoms with Gasteiger partial charge in [0.15, 0.2) is 0 Å². The maximum Gasteiger partial charge on any atom is 0.126 e. The van der Waals surface area contributed by atoms with E-state index >= 15 is 0 Å². The molecule has 0 spiro atoms. The number of methoxy groups -OCH3 is 1. The predicted molar refractivity (Wildman–Crippen MR) is 111 cm³/mol. The van der Waals surface area contributed by atoms with Gasteiger partial charge in [0.25, 0.3) is 0 Å². The summed E-state index contributed by atoms with van der Waals surface area (Å²) in [5.74, 6) is 0.886. The van der Waals surface area contributed by atoms with E-state index in [4.69, 9.17) is 4.74 Å². The van der Waals surface area contributed by atoms with Crippen molar-refractivity contribution in [3.05, 3.63) is 89.5 Å². The van der Waals surface area contributed by atoms with Crippen LogP contribution >= 0.6 is 0 Å². The van der Waals surface area contributed by atoms with E-state index < -0.39 is 6.10 Å². The zero-order chi connectivity index (χ0) is 19.2. The van der Waals surface area contributed by atoms with Crippen molar-refractivity contribution in [2.75, 3.05) is 20.7 Å². The fourth-order valence-corrected chi connectivity index (χ4v) is 3.29. The molecule has 0 radical (unpaired) electrons. The Morgan fingerprint density at radius 2 is 1.67 bits per heavy atom. The van der Waals surface area contributed by atoms with Gasteiger partial charge in [-0.2, -0.15) is 0 Å². The second kappa shape index (κ2) is 8.85. The van der Waals surface area contributed by atoms with Crippen molar-refractivity contribution in [3.63, 3.8) is 0 Å². The maximum atomic E-state index is 10.4. The highest BCUT2D eigenvalue weighted by atomic mass is 16.5. The van der Waals surface area contributed by atoms with Gasteiger partial charge in [0, 0.05) is 18.7 Å². The van der Waals surface area contributed by atoms with Crippen molar-refractivity contribution >= 4 is 0 Å². The van der Waals surface area contributed by atoms with Crippen molar-refractivity contribution < 1.29 is 9.84 Å². The first-order chi connectivity index (χ1) is 13.1. The Hall–Kier alpha value is -2.62. The van der Waals surface area contributed by atoms with Crippen LogP contribution < -0.4 is 4.74 Å². The normalized spacial score (nSPS) is 12.2. The second-order valence-corrected chi connectivity index (χ2v) is 7.02. The molecule has 0 bridgehead atoms. The van der Waals surface area contributed by atoms with Crippen LogP contribution in [0.2, 0.25) is 0 Å². The van der Waals surface area contributed by atoms with Crippen LogP contribution in [0.25, 0.3) is 11.1 Å². The molecule has 0 saturated carbocycles. The van der Waals surface area contributed by atoms with Crippen LogP contribution in [0.15, 0.2) is 72.8 Å². The quantitative estimate of drug-likeness (QED) is 0.654. The highest BCUT2D eigenvalue weighted by Gasteiger charge is 2.11. The molecule has 27 heavy (non-hydrogen) atoms. The standard InChI is InChI=1S/C24H27NO2/c1-18-9-14-24(27-3)22(15-18)20-12-10-19(11-13-20)16-25(2)17-23(26)21-7-5-4-6-8-21/h4-15,23,26H,16-17H2,1-3H3. The van der Waals surface area contributed by atoms with E-state index in [1.807, 2.05) is 43.4 Å². The van der Waals surface area contributed by atoms with Crippen LogP contribution in [-0.2, 0) is 6.54 Å². The van der Waals surface area contributed by atoms with Gasteiger partial charge in [-0.05, 0) is 42.8 Å². The summed E-state index contributed by atoms with van der Waals surface area (Å²) in [5, 5.41) is 10.4. The average Bonchev–Trinajstić information content (AvgIpc) is 2.69. The van der Waals surface area contributed by atoms with Gasteiger partial charge in [-0.25, -0.2) is 0 Å². The highest BCUT2D eigenvalue weighted by Crippen LogP contribution is 2.31. The van der Waals surface area contributed by atoms with Gasteiger partial charge in [0.2, 0.25) is 0 Å². The Bertz CT molecular complexity index is 859. The van der Waals surface area contributed by atoms with Crippen molar-refractivity contribution in [1.29, 1.82) is 0 Å². The zero-order valence-corrected chi connectivity index (χ0v) is 16.2. The molecule has 0 heterocycles. The summed E-state index contributed by atoms with van der Waals surface area (Å²) >= 11 is 0. The third-order valence-electron chi connectivity index (χ3n) is 4.74. The molecule has 0 saturated heterocycles. The zero-order valence-electron chi connectivity index (χ0n) is 16.2. The molecule has 3 rings (SSSR count). The molecule has 3 nitrogen and oxygen atoms in total. The number of ether oxygens (including phenoxy) is 1. The molecular formula is C24H27NO2. The van der Waals surface area contributed by atoms with Gasteiger partial charge in [0.05, 0.1) is 13.2 Å². The molecule has 0 aliphatic rings. The molecule has 0 aromatic heterocycles. The molecule has 3 aromatic carbocycles. The highest BCUT2D eigenvalue weighted by molar-refractivity contribution is 5.71. The van der Waals surface area contributed by atoms with Gasteiger partial charge in [-0.15, -0.1) is 0 Å². The van der Waals surface area contributed by atoms with E-state index in [1.165, 1.54) is 11.1 Å². The largest absolute Gasteiger partial charge is 0.496 e. The number of likely N-dealkylation sites (N-methyl/N-ethyl adjacent to an activating group) is 1. The molecule has 140 valence electrons. The monoisotopic (exact) mass is 361 g/mol. The van der Waals surface area contributed by atoms with E-state index in [0.29, 0.717) is 6.54 Å². The number of rotatable bonds is 7. The number of hydrogen-bond acceptors (Lipinski definition) is 3. The van der Waals surface area contributed by atoms with Crippen LogP contribution in [0.4, 0.5) is 0 Å². The van der Waals surface area contributed by atoms with Crippen LogP contribution in [0.3, 0.4) is 0 Å². The minimum Gasteiger partial charge on any atom is -0.496 e. The lowest BCUT2D eigenvalue weighted by Crippen LogP contribution is -2.24. The van der Waals surface area contributed by atoms with E-state index in [9.17, 15) is 5.11 Å². The first-order valence-electron chi connectivity index (χ1n) is 9.22. The van der Waals surface area contributed by atoms with Gasteiger partial charge in [-0.1, -0.05) is 66.2 Å². The van der Waals surface area contributed by atoms with Crippen LogP contribution in [-0.4, -0.2) is 30.7 Å². The van der Waals surface area contributed by atoms with Crippen molar-refractivity contribution in [1.82, 2.24) is 4.90 Å². The molecule has 3 heteroatoms. The SMILES string of the molecule is COc1ccc(C)cc1-c1ccc(CN(C)CC(O)c2ccccc2)cc1. The van der Waals surface area contributed by atoms with E-state index in [-0.39, 0.29) is 0 Å². The van der Waals surface area contributed by atoms with Gasteiger partial charge >= 0.3 is 0 Å². The summed E-state index contributed by atoms with van der Waals surface area (Å²) < 4.78 is 5.50. The molecule has 1 N–H and O–H groups in total. The Kier molecular flexibility index (Phi) is 6.28. The van der Waals surface area contributed by atoms with Gasteiger partial charge in [-0.3, -0.25) is 4.90 Å². The minimum atomic E-state index is -0.480. The van der Waals surface area contributed by atoms with E-state index in [0.717, 1.165) is 29.0 Å². The molecule has 0 fully saturated rings. The first-order valence-corrected chi connectivity index (χ1v) is 9.22. The third-order valence-corrected chi connectivity index (χ3v) is 4.74. The first kappa shape index (κ1) is 19.2. The Morgan fingerprint density at radius 3 is 2.33 bits per heavy atom. The lowest BCUT2D eigenvalue weighted by atomic mass is 10.0. The number of aliphatic hydroxyl groups excluding tert-OH is 1. The number of hydrogen-bond donors (Lipinski definition) is 1. The van der Waals surface area contributed by atoms with Crippen LogP contribution in [0.1, 0.15) is 22.8 Å². The predicted octanol–water partition coefficient (Wildman–Crippen LogP) is 4.84. The number of aryl methyl sites for hydroxylation is 1. The average molecular weight is 361 g/mol. The molecule has 1 atom stereocenters. The second-order valence-electron chi connectivity index (χ2n) is 7.02. The van der Waals surface area contributed by atoms with Gasteiger partial charge < -0.3 is 9.84 Å². The smallest absolute Gasteiger partial charge is 0.126 e. The van der Waals surface area contributed by atoms with E-state index in [2.05, 4.69) is 48.2 Å². The number of benzene rings is 3. The number of nitrogens with zero attached hydrogens (tertiary/aromatic N) is 1. The molecule has 0 aliphatic heterocycles. The van der Waals surface area contributed by atoms with Crippen molar-refractivity contribution in [3.8, 4) is 16.9 Å². The van der Waals surface area contributed by atoms with Crippen molar-refractivity contribution in [2.24, 2.45) is 0 Å². The summed E-state index contributed by atoms with van der Waals surface area (Å²) in [5.41, 5.74) is 5.63. The molecule has 0 aliphatic carbocycles. The maximum absolute atomic E-state index is 10.4. The molecule has 0 amide bonds. The lowest BCUT2D eigenvalue weighted by Gasteiger charge is -2.21. The van der Waals surface area contributed by atoms with Crippen molar-refractivity contribution in [2.45, 2.75) is 19.6 Å². The summed E-state index contributed by atoms with van der Waals surface area (Å²) in [6.45, 7) is 3.47. The summed E-state index contributed by atoms with van der Waals surface area (Å²) in [6, 6.07) is 24.6. The summed E-state index contributed by atoms with van der Waals surface area (Å²) in [7, 11) is 3.74. The molecule has 3 aromatic rings. The Balaban J connectivity index is 1.66. The minimum absolute atomic E-state index is 0.480. The van der Waals surface area contributed by atoms with E-state index in [1.54, 1.807) is 7.11 Å². The van der Waals surface area contributed by atoms with Crippen LogP contribution in [0, 0.1) is 6.92 Å². The van der Waals surface area contributed by atoms with Gasteiger partial charge in [0.1, 0.15) is 5.75 Å².